The third-order valence-electron chi connectivity index (χ3n) is 3.45. The number of ether oxygens (including phenoxy) is 2. The molecule has 1 aliphatic rings. The first-order chi connectivity index (χ1) is 9.38. The van der Waals surface area contributed by atoms with Gasteiger partial charge < -0.3 is 14.8 Å². The molecule has 1 saturated heterocycles. The summed E-state index contributed by atoms with van der Waals surface area (Å²) < 4.78 is 12.5. The average molecular weight is 277 g/mol. The number of fused-ring (bicyclic) bond motifs is 1. The van der Waals surface area contributed by atoms with Crippen molar-refractivity contribution in [3.8, 4) is 0 Å². The number of benzene rings is 1. The van der Waals surface area contributed by atoms with Gasteiger partial charge in [0, 0.05) is 17.2 Å². The van der Waals surface area contributed by atoms with Gasteiger partial charge in [0.05, 0.1) is 13.2 Å². The van der Waals surface area contributed by atoms with Crippen molar-refractivity contribution in [2.45, 2.75) is 25.7 Å². The zero-order chi connectivity index (χ0) is 13.1. The molecule has 0 radical (unpaired) electrons. The Labute approximate surface area is 117 Å². The van der Waals surface area contributed by atoms with E-state index in [-0.39, 0.29) is 12.3 Å². The van der Waals surface area contributed by atoms with Crippen LogP contribution < -0.4 is 5.32 Å². The van der Waals surface area contributed by atoms with Crippen molar-refractivity contribution in [1.82, 2.24) is 5.32 Å². The summed E-state index contributed by atoms with van der Waals surface area (Å²) in [5.74, 6) is 0. The number of hydrogen-bond acceptors (Lipinski definition) is 4. The molecule has 0 spiro atoms. The second-order valence-electron chi connectivity index (χ2n) is 4.70. The lowest BCUT2D eigenvalue weighted by atomic mass is 10.0. The van der Waals surface area contributed by atoms with Crippen molar-refractivity contribution >= 4 is 21.4 Å². The molecule has 4 heteroatoms. The van der Waals surface area contributed by atoms with Crippen LogP contribution in [-0.2, 0) is 9.47 Å². The number of nitrogens with one attached hydrogen (secondary N) is 1. The van der Waals surface area contributed by atoms with Crippen LogP contribution in [0.3, 0.4) is 0 Å². The molecule has 19 heavy (non-hydrogen) atoms. The summed E-state index contributed by atoms with van der Waals surface area (Å²) in [6.45, 7) is 4.51. The zero-order valence-corrected chi connectivity index (χ0v) is 11.9. The molecule has 1 atom stereocenters. The highest BCUT2D eigenvalue weighted by Gasteiger charge is 2.23. The average Bonchev–Trinajstić information content (AvgIpc) is 3.08. The Balaban J connectivity index is 1.87. The van der Waals surface area contributed by atoms with Gasteiger partial charge in [-0.05, 0) is 28.9 Å². The van der Waals surface area contributed by atoms with E-state index in [2.05, 4.69) is 41.9 Å². The molecule has 1 N–H and O–H groups in total. The predicted octanol–water partition coefficient (Wildman–Crippen LogP) is 3.31. The molecule has 0 saturated carbocycles. The standard InChI is InChI=1S/C15H19NO2S/c1-2-16-13(10-14-17-7-8-18-14)12-5-3-4-11-6-9-19-15(11)12/h3-6,9,13-14,16H,2,7-8,10H2,1H3. The molecule has 102 valence electrons. The quantitative estimate of drug-likeness (QED) is 0.909. The number of rotatable bonds is 5. The van der Waals surface area contributed by atoms with Gasteiger partial charge in [-0.3, -0.25) is 0 Å². The Morgan fingerprint density at radius 2 is 2.16 bits per heavy atom. The molecule has 3 rings (SSSR count). The van der Waals surface area contributed by atoms with Gasteiger partial charge in [-0.15, -0.1) is 11.3 Å². The van der Waals surface area contributed by atoms with Crippen LogP contribution >= 0.6 is 11.3 Å². The molecule has 1 fully saturated rings. The van der Waals surface area contributed by atoms with E-state index in [1.807, 2.05) is 0 Å². The highest BCUT2D eigenvalue weighted by atomic mass is 32.1. The van der Waals surface area contributed by atoms with E-state index in [9.17, 15) is 0 Å². The molecule has 0 aliphatic carbocycles. The van der Waals surface area contributed by atoms with Crippen LogP contribution in [0.4, 0.5) is 0 Å². The first-order valence-electron chi connectivity index (χ1n) is 6.81. The molecule has 2 heterocycles. The second-order valence-corrected chi connectivity index (χ2v) is 5.62. The molecule has 0 bridgehead atoms. The van der Waals surface area contributed by atoms with Gasteiger partial charge in [0.1, 0.15) is 0 Å². The lowest BCUT2D eigenvalue weighted by Gasteiger charge is -2.21. The van der Waals surface area contributed by atoms with Crippen LogP contribution in [0.5, 0.6) is 0 Å². The normalized spacial score (nSPS) is 18.2. The van der Waals surface area contributed by atoms with Crippen LogP contribution in [0.25, 0.3) is 10.1 Å². The van der Waals surface area contributed by atoms with Gasteiger partial charge in [-0.2, -0.15) is 0 Å². The van der Waals surface area contributed by atoms with Crippen molar-refractivity contribution in [3.63, 3.8) is 0 Å². The van der Waals surface area contributed by atoms with Crippen molar-refractivity contribution in [3.05, 3.63) is 35.2 Å². The highest BCUT2D eigenvalue weighted by Crippen LogP contribution is 2.32. The zero-order valence-electron chi connectivity index (χ0n) is 11.1. The molecule has 1 aliphatic heterocycles. The summed E-state index contributed by atoms with van der Waals surface area (Å²) >= 11 is 1.80. The molecule has 2 aromatic rings. The van der Waals surface area contributed by atoms with E-state index < -0.39 is 0 Å². The fraction of sp³-hybridized carbons (Fsp3) is 0.467. The molecular formula is C15H19NO2S. The van der Waals surface area contributed by atoms with Gasteiger partial charge in [-0.25, -0.2) is 0 Å². The van der Waals surface area contributed by atoms with E-state index in [4.69, 9.17) is 9.47 Å². The van der Waals surface area contributed by atoms with Gasteiger partial charge in [0.25, 0.3) is 0 Å². The monoisotopic (exact) mass is 277 g/mol. The van der Waals surface area contributed by atoms with Crippen molar-refractivity contribution in [1.29, 1.82) is 0 Å². The van der Waals surface area contributed by atoms with E-state index in [1.54, 1.807) is 11.3 Å². The molecule has 3 nitrogen and oxygen atoms in total. The lowest BCUT2D eigenvalue weighted by Crippen LogP contribution is -2.26. The van der Waals surface area contributed by atoms with E-state index >= 15 is 0 Å². The second kappa shape index (κ2) is 6.01. The molecule has 1 aromatic heterocycles. The molecule has 0 amide bonds. The maximum atomic E-state index is 5.59. The Hall–Kier alpha value is -0.940. The van der Waals surface area contributed by atoms with Crippen molar-refractivity contribution in [2.24, 2.45) is 0 Å². The molecule has 1 aromatic carbocycles. The summed E-state index contributed by atoms with van der Waals surface area (Å²) in [4.78, 5) is 0. The minimum atomic E-state index is -0.0701. The SMILES string of the molecule is CCNC(CC1OCCO1)c1cccc2ccsc12. The minimum absolute atomic E-state index is 0.0701. The smallest absolute Gasteiger partial charge is 0.159 e. The first kappa shape index (κ1) is 13.1. The summed E-state index contributed by atoms with van der Waals surface area (Å²) in [7, 11) is 0. The Kier molecular flexibility index (Phi) is 4.13. The maximum Gasteiger partial charge on any atom is 0.159 e. The first-order valence-corrected chi connectivity index (χ1v) is 7.69. The van der Waals surface area contributed by atoms with Crippen LogP contribution in [0.1, 0.15) is 24.9 Å². The molecule has 1 unspecified atom stereocenters. The van der Waals surface area contributed by atoms with E-state index in [0.717, 1.165) is 13.0 Å². The maximum absolute atomic E-state index is 5.59. The fourth-order valence-corrected chi connectivity index (χ4v) is 3.56. The van der Waals surface area contributed by atoms with Crippen LogP contribution in [-0.4, -0.2) is 26.0 Å². The van der Waals surface area contributed by atoms with Crippen LogP contribution in [0.15, 0.2) is 29.6 Å². The Morgan fingerprint density at radius 3 is 2.95 bits per heavy atom. The Morgan fingerprint density at radius 1 is 1.32 bits per heavy atom. The van der Waals surface area contributed by atoms with Gasteiger partial charge in [0.15, 0.2) is 6.29 Å². The lowest BCUT2D eigenvalue weighted by molar-refractivity contribution is -0.0528. The van der Waals surface area contributed by atoms with Crippen LogP contribution in [0.2, 0.25) is 0 Å². The summed E-state index contributed by atoms with van der Waals surface area (Å²) in [5.41, 5.74) is 1.36. The third-order valence-corrected chi connectivity index (χ3v) is 4.43. The Bertz CT molecular complexity index is 534. The third kappa shape index (κ3) is 2.82. The fourth-order valence-electron chi connectivity index (χ4n) is 2.59. The summed E-state index contributed by atoms with van der Waals surface area (Å²) in [6, 6.07) is 8.97. The van der Waals surface area contributed by atoms with Crippen molar-refractivity contribution < 1.29 is 9.47 Å². The number of thiophene rings is 1. The van der Waals surface area contributed by atoms with E-state index in [1.165, 1.54) is 15.6 Å². The van der Waals surface area contributed by atoms with Crippen molar-refractivity contribution in [2.75, 3.05) is 19.8 Å². The largest absolute Gasteiger partial charge is 0.350 e. The van der Waals surface area contributed by atoms with E-state index in [0.29, 0.717) is 13.2 Å². The summed E-state index contributed by atoms with van der Waals surface area (Å²) in [5, 5.41) is 7.03. The molecular weight excluding hydrogens is 258 g/mol. The summed E-state index contributed by atoms with van der Waals surface area (Å²) in [6.07, 6.45) is 0.796. The van der Waals surface area contributed by atoms with Gasteiger partial charge in [-0.1, -0.05) is 25.1 Å². The van der Waals surface area contributed by atoms with Crippen LogP contribution in [0, 0.1) is 0 Å². The number of hydrogen-bond donors (Lipinski definition) is 1. The highest BCUT2D eigenvalue weighted by molar-refractivity contribution is 7.17. The topological polar surface area (TPSA) is 30.5 Å². The van der Waals surface area contributed by atoms with Gasteiger partial charge >= 0.3 is 0 Å². The van der Waals surface area contributed by atoms with Gasteiger partial charge in [0.2, 0.25) is 0 Å². The predicted molar refractivity (Wildman–Crippen MR) is 78.6 cm³/mol. The minimum Gasteiger partial charge on any atom is -0.350 e.